The Bertz CT molecular complexity index is 972. The number of fused-ring (bicyclic) bond motifs is 1. The molecule has 0 atom stereocenters. The molecule has 3 aromatic rings. The zero-order valence-corrected chi connectivity index (χ0v) is 14.3. The van der Waals surface area contributed by atoms with Crippen LogP contribution in [0.4, 0.5) is 0 Å². The van der Waals surface area contributed by atoms with Crippen molar-refractivity contribution >= 4 is 10.8 Å². The molecule has 0 bridgehead atoms. The Morgan fingerprint density at radius 2 is 1.76 bits per heavy atom. The maximum Gasteiger partial charge on any atom is 0.364 e. The van der Waals surface area contributed by atoms with Crippen LogP contribution >= 0.6 is 0 Å². The van der Waals surface area contributed by atoms with E-state index < -0.39 is 0 Å². The Labute approximate surface area is 144 Å². The van der Waals surface area contributed by atoms with Gasteiger partial charge in [0.1, 0.15) is 0 Å². The number of hydrogen-bond acceptors (Lipinski definition) is 5. The minimum atomic E-state index is -0.142. The van der Waals surface area contributed by atoms with E-state index in [4.69, 9.17) is 9.47 Å². The van der Waals surface area contributed by atoms with Gasteiger partial charge in [-0.05, 0) is 64.2 Å². The normalized spacial score (nSPS) is 14.5. The number of hydrogen-bond donors (Lipinski definition) is 0. The van der Waals surface area contributed by atoms with Crippen LogP contribution in [0.15, 0.2) is 35.1 Å². The molecule has 0 radical (unpaired) electrons. The highest BCUT2D eigenvalue weighted by molar-refractivity contribution is 5.86. The van der Waals surface area contributed by atoms with E-state index in [9.17, 15) is 4.79 Å². The van der Waals surface area contributed by atoms with Crippen molar-refractivity contribution in [1.82, 2.24) is 19.8 Å². The Hall–Kier alpha value is -2.83. The quantitative estimate of drug-likeness (QED) is 0.713. The zero-order valence-electron chi connectivity index (χ0n) is 14.3. The molecule has 7 heteroatoms. The minimum absolute atomic E-state index is 0.142. The summed E-state index contributed by atoms with van der Waals surface area (Å²) in [6.07, 6.45) is 3.17. The van der Waals surface area contributed by atoms with Gasteiger partial charge in [-0.15, -0.1) is 0 Å². The van der Waals surface area contributed by atoms with Gasteiger partial charge in [0.15, 0.2) is 11.5 Å². The third-order valence-electron chi connectivity index (χ3n) is 4.82. The standard InChI is InChI=1S/C18H20N4O3/c1-24-16-9-13-7-6-12(8-14(13)10-17(16)25-2)11-21-18(23)22(20-19-21)15-4-3-5-15/h6-10,15H,3-5,11H2,1-2H3. The monoisotopic (exact) mass is 340 g/mol. The fourth-order valence-corrected chi connectivity index (χ4v) is 3.14. The molecule has 1 aliphatic rings. The average molecular weight is 340 g/mol. The smallest absolute Gasteiger partial charge is 0.364 e. The van der Waals surface area contributed by atoms with Gasteiger partial charge in [-0.3, -0.25) is 0 Å². The number of rotatable bonds is 5. The lowest BCUT2D eigenvalue weighted by Gasteiger charge is -2.23. The third-order valence-corrected chi connectivity index (χ3v) is 4.82. The molecule has 0 spiro atoms. The lowest BCUT2D eigenvalue weighted by Crippen LogP contribution is -2.31. The highest BCUT2D eigenvalue weighted by atomic mass is 16.5. The molecule has 0 aliphatic heterocycles. The van der Waals surface area contributed by atoms with Crippen molar-refractivity contribution in [2.24, 2.45) is 0 Å². The number of nitrogens with zero attached hydrogens (tertiary/aromatic N) is 4. The van der Waals surface area contributed by atoms with Gasteiger partial charge in [0.25, 0.3) is 0 Å². The number of methoxy groups -OCH3 is 2. The van der Waals surface area contributed by atoms with Crippen LogP contribution in [0.3, 0.4) is 0 Å². The Morgan fingerprint density at radius 1 is 1.04 bits per heavy atom. The summed E-state index contributed by atoms with van der Waals surface area (Å²) in [4.78, 5) is 12.4. The molecule has 1 heterocycles. The summed E-state index contributed by atoms with van der Waals surface area (Å²) in [5.74, 6) is 1.38. The van der Waals surface area contributed by atoms with E-state index in [-0.39, 0.29) is 11.7 Å². The van der Waals surface area contributed by atoms with E-state index in [2.05, 4.69) is 10.4 Å². The summed E-state index contributed by atoms with van der Waals surface area (Å²) >= 11 is 0. The molecule has 0 amide bonds. The van der Waals surface area contributed by atoms with Crippen LogP contribution in [0, 0.1) is 0 Å². The SMILES string of the molecule is COc1cc2ccc(Cn3nnn(C4CCC4)c3=O)cc2cc1OC. The van der Waals surface area contributed by atoms with Crippen molar-refractivity contribution in [3.05, 3.63) is 46.4 Å². The molecule has 7 nitrogen and oxygen atoms in total. The first-order valence-corrected chi connectivity index (χ1v) is 8.36. The maximum absolute atomic E-state index is 12.4. The second-order valence-electron chi connectivity index (χ2n) is 6.34. The lowest BCUT2D eigenvalue weighted by atomic mass is 9.93. The van der Waals surface area contributed by atoms with Crippen LogP contribution in [-0.4, -0.2) is 34.0 Å². The predicted octanol–water partition coefficient (Wildman–Crippen LogP) is 2.38. The molecule has 25 heavy (non-hydrogen) atoms. The summed E-state index contributed by atoms with van der Waals surface area (Å²) in [5, 5.41) is 10.1. The fraction of sp³-hybridized carbons (Fsp3) is 0.389. The molecule has 0 saturated heterocycles. The molecule has 1 saturated carbocycles. The van der Waals surface area contributed by atoms with Crippen molar-refractivity contribution in [1.29, 1.82) is 0 Å². The van der Waals surface area contributed by atoms with Crippen molar-refractivity contribution in [3.8, 4) is 11.5 Å². The minimum Gasteiger partial charge on any atom is -0.493 e. The lowest BCUT2D eigenvalue weighted by molar-refractivity contribution is 0.277. The topological polar surface area (TPSA) is 71.2 Å². The fourth-order valence-electron chi connectivity index (χ4n) is 3.14. The van der Waals surface area contributed by atoms with Crippen molar-refractivity contribution < 1.29 is 9.47 Å². The average Bonchev–Trinajstić information content (AvgIpc) is 2.93. The van der Waals surface area contributed by atoms with Gasteiger partial charge in [-0.25, -0.2) is 4.79 Å². The second kappa shape index (κ2) is 6.23. The summed E-state index contributed by atoms with van der Waals surface area (Å²) in [6.45, 7) is 0.399. The Kier molecular flexibility index (Phi) is 3.91. The summed E-state index contributed by atoms with van der Waals surface area (Å²) < 4.78 is 13.6. The largest absolute Gasteiger partial charge is 0.493 e. The first-order valence-electron chi connectivity index (χ1n) is 8.36. The molecule has 0 unspecified atom stereocenters. The van der Waals surface area contributed by atoms with Gasteiger partial charge in [0.05, 0.1) is 26.8 Å². The Morgan fingerprint density at radius 3 is 2.40 bits per heavy atom. The number of benzene rings is 2. The van der Waals surface area contributed by atoms with Crippen LogP contribution in [0.2, 0.25) is 0 Å². The third kappa shape index (κ3) is 2.75. The Balaban J connectivity index is 1.65. The highest BCUT2D eigenvalue weighted by Gasteiger charge is 2.23. The molecule has 1 aromatic heterocycles. The van der Waals surface area contributed by atoms with Gasteiger partial charge < -0.3 is 9.47 Å². The molecule has 2 aromatic carbocycles. The van der Waals surface area contributed by atoms with Gasteiger partial charge in [-0.2, -0.15) is 9.36 Å². The van der Waals surface area contributed by atoms with E-state index in [0.29, 0.717) is 18.0 Å². The van der Waals surface area contributed by atoms with E-state index in [1.165, 1.54) is 9.36 Å². The number of aromatic nitrogens is 4. The molecule has 130 valence electrons. The van der Waals surface area contributed by atoms with Crippen LogP contribution in [0.1, 0.15) is 30.9 Å². The first kappa shape index (κ1) is 15.7. The second-order valence-corrected chi connectivity index (χ2v) is 6.34. The van der Waals surface area contributed by atoms with E-state index in [0.717, 1.165) is 35.6 Å². The number of ether oxygens (including phenoxy) is 2. The summed E-state index contributed by atoms with van der Waals surface area (Å²) in [6, 6.07) is 10.1. The molecular weight excluding hydrogens is 320 g/mol. The molecule has 4 rings (SSSR count). The van der Waals surface area contributed by atoms with Gasteiger partial charge in [-0.1, -0.05) is 12.1 Å². The molecule has 1 fully saturated rings. The number of tetrazole rings is 1. The van der Waals surface area contributed by atoms with Crippen molar-refractivity contribution in [2.75, 3.05) is 14.2 Å². The van der Waals surface area contributed by atoms with Gasteiger partial charge in [0, 0.05) is 0 Å². The van der Waals surface area contributed by atoms with Crippen LogP contribution in [-0.2, 0) is 6.54 Å². The maximum atomic E-state index is 12.4. The molecule has 0 N–H and O–H groups in total. The van der Waals surface area contributed by atoms with E-state index >= 15 is 0 Å². The summed E-state index contributed by atoms with van der Waals surface area (Å²) in [5.41, 5.74) is 0.847. The van der Waals surface area contributed by atoms with Crippen LogP contribution in [0.25, 0.3) is 10.8 Å². The van der Waals surface area contributed by atoms with Crippen LogP contribution < -0.4 is 15.2 Å². The van der Waals surface area contributed by atoms with Gasteiger partial charge in [0.2, 0.25) is 0 Å². The first-order chi connectivity index (χ1) is 12.2. The molecule has 1 aliphatic carbocycles. The van der Waals surface area contributed by atoms with E-state index in [1.807, 2.05) is 30.3 Å². The van der Waals surface area contributed by atoms with Crippen LogP contribution in [0.5, 0.6) is 11.5 Å². The predicted molar refractivity (Wildman–Crippen MR) is 93.3 cm³/mol. The van der Waals surface area contributed by atoms with Gasteiger partial charge >= 0.3 is 5.69 Å². The van der Waals surface area contributed by atoms with Crippen molar-refractivity contribution in [3.63, 3.8) is 0 Å². The zero-order chi connectivity index (χ0) is 17.4. The van der Waals surface area contributed by atoms with E-state index in [1.54, 1.807) is 14.2 Å². The highest BCUT2D eigenvalue weighted by Crippen LogP contribution is 2.32. The molecular formula is C18H20N4O3. The summed E-state index contributed by atoms with van der Waals surface area (Å²) in [7, 11) is 3.24. The van der Waals surface area contributed by atoms with Crippen molar-refractivity contribution in [2.45, 2.75) is 31.8 Å².